The Morgan fingerprint density at radius 2 is 1.28 bits per heavy atom. The average Bonchev–Trinajstić information content (AvgIpc) is 2.64. The normalized spacial score (nSPS) is 22.8. The first kappa shape index (κ1) is 20.6. The van der Waals surface area contributed by atoms with Gasteiger partial charge < -0.3 is 9.84 Å². The standard InChI is InChI=1S/C19H36N4O2/c1-3-5-20-7-9-22(10-8-20)15-16-25-19(18-24)17-23-13-11-21(6-4-2)12-14-23/h3-4,19,24H,1-2,5-18H2. The zero-order chi connectivity index (χ0) is 17.9. The first-order chi connectivity index (χ1) is 12.2. The van der Waals surface area contributed by atoms with Gasteiger partial charge >= 0.3 is 0 Å². The van der Waals surface area contributed by atoms with Crippen LogP contribution in [-0.4, -0.2) is 123 Å². The second-order valence-corrected chi connectivity index (χ2v) is 7.00. The monoisotopic (exact) mass is 352 g/mol. The van der Waals surface area contributed by atoms with Crippen LogP contribution >= 0.6 is 0 Å². The lowest BCUT2D eigenvalue weighted by Crippen LogP contribution is -2.50. The zero-order valence-electron chi connectivity index (χ0n) is 15.7. The van der Waals surface area contributed by atoms with Crippen LogP contribution in [-0.2, 0) is 4.74 Å². The molecule has 0 aromatic heterocycles. The van der Waals surface area contributed by atoms with Crippen molar-refractivity contribution < 1.29 is 9.84 Å². The van der Waals surface area contributed by atoms with Crippen molar-refractivity contribution in [1.82, 2.24) is 19.6 Å². The van der Waals surface area contributed by atoms with Gasteiger partial charge in [-0.3, -0.25) is 19.6 Å². The molecule has 2 saturated heterocycles. The molecular formula is C19H36N4O2. The van der Waals surface area contributed by atoms with E-state index < -0.39 is 0 Å². The minimum Gasteiger partial charge on any atom is -0.394 e. The maximum atomic E-state index is 9.62. The van der Waals surface area contributed by atoms with E-state index in [4.69, 9.17) is 4.74 Å². The average molecular weight is 353 g/mol. The van der Waals surface area contributed by atoms with Crippen LogP contribution in [0, 0.1) is 0 Å². The Labute approximate surface area is 153 Å². The predicted molar refractivity (Wildman–Crippen MR) is 103 cm³/mol. The molecular weight excluding hydrogens is 316 g/mol. The molecule has 1 atom stereocenters. The summed E-state index contributed by atoms with van der Waals surface area (Å²) < 4.78 is 5.95. The van der Waals surface area contributed by atoms with Gasteiger partial charge in [-0.2, -0.15) is 0 Å². The topological polar surface area (TPSA) is 42.4 Å². The zero-order valence-corrected chi connectivity index (χ0v) is 15.7. The van der Waals surface area contributed by atoms with Gasteiger partial charge in [-0.1, -0.05) is 12.2 Å². The summed E-state index contributed by atoms with van der Waals surface area (Å²) in [5.74, 6) is 0. The van der Waals surface area contributed by atoms with Gasteiger partial charge in [0, 0.05) is 78.5 Å². The lowest BCUT2D eigenvalue weighted by atomic mass is 10.2. The SMILES string of the molecule is C=CCN1CCN(CCOC(CO)CN2CCN(CC=C)CC2)CC1. The summed E-state index contributed by atoms with van der Waals surface area (Å²) in [6, 6.07) is 0. The Kier molecular flexibility index (Phi) is 9.68. The van der Waals surface area contributed by atoms with Crippen LogP contribution in [0.2, 0.25) is 0 Å². The van der Waals surface area contributed by atoms with E-state index in [1.165, 1.54) is 0 Å². The minimum absolute atomic E-state index is 0.0759. The van der Waals surface area contributed by atoms with Crippen molar-refractivity contribution in [2.45, 2.75) is 6.10 Å². The van der Waals surface area contributed by atoms with Crippen LogP contribution in [0.5, 0.6) is 0 Å². The molecule has 2 heterocycles. The van der Waals surface area contributed by atoms with E-state index >= 15 is 0 Å². The molecule has 6 heteroatoms. The van der Waals surface area contributed by atoms with Gasteiger partial charge in [-0.05, 0) is 0 Å². The van der Waals surface area contributed by atoms with E-state index in [0.717, 1.165) is 78.5 Å². The summed E-state index contributed by atoms with van der Waals surface area (Å²) in [6.45, 7) is 20.7. The highest BCUT2D eigenvalue weighted by molar-refractivity contribution is 4.80. The Balaban J connectivity index is 1.58. The third-order valence-corrected chi connectivity index (χ3v) is 5.13. The van der Waals surface area contributed by atoms with Gasteiger partial charge in [0.05, 0.1) is 19.3 Å². The quantitative estimate of drug-likeness (QED) is 0.527. The Morgan fingerprint density at radius 3 is 1.76 bits per heavy atom. The summed E-state index contributed by atoms with van der Waals surface area (Å²) in [5.41, 5.74) is 0. The molecule has 2 rings (SSSR count). The van der Waals surface area contributed by atoms with E-state index in [0.29, 0.717) is 6.61 Å². The molecule has 6 nitrogen and oxygen atoms in total. The van der Waals surface area contributed by atoms with Crippen LogP contribution in [0.1, 0.15) is 0 Å². The number of piperazine rings is 2. The van der Waals surface area contributed by atoms with Crippen LogP contribution in [0.3, 0.4) is 0 Å². The number of nitrogens with zero attached hydrogens (tertiary/aromatic N) is 4. The second kappa shape index (κ2) is 11.8. The molecule has 2 aliphatic rings. The highest BCUT2D eigenvalue weighted by Crippen LogP contribution is 2.06. The van der Waals surface area contributed by atoms with Gasteiger partial charge in [-0.15, -0.1) is 13.2 Å². The van der Waals surface area contributed by atoms with E-state index in [-0.39, 0.29) is 12.7 Å². The van der Waals surface area contributed by atoms with Crippen LogP contribution < -0.4 is 0 Å². The number of hydrogen-bond donors (Lipinski definition) is 1. The van der Waals surface area contributed by atoms with Crippen LogP contribution in [0.15, 0.2) is 25.3 Å². The Morgan fingerprint density at radius 1 is 0.800 bits per heavy atom. The number of aliphatic hydroxyl groups is 1. The highest BCUT2D eigenvalue weighted by atomic mass is 16.5. The fraction of sp³-hybridized carbons (Fsp3) is 0.789. The van der Waals surface area contributed by atoms with Crippen molar-refractivity contribution in [3.8, 4) is 0 Å². The van der Waals surface area contributed by atoms with Crippen molar-refractivity contribution in [3.05, 3.63) is 25.3 Å². The minimum atomic E-state index is -0.0759. The maximum absolute atomic E-state index is 9.62. The fourth-order valence-electron chi connectivity index (χ4n) is 3.51. The molecule has 0 bridgehead atoms. The second-order valence-electron chi connectivity index (χ2n) is 7.00. The lowest BCUT2D eigenvalue weighted by Gasteiger charge is -2.36. The van der Waals surface area contributed by atoms with Crippen LogP contribution in [0.25, 0.3) is 0 Å². The first-order valence-corrected chi connectivity index (χ1v) is 9.58. The molecule has 0 spiro atoms. The summed E-state index contributed by atoms with van der Waals surface area (Å²) in [6.07, 6.45) is 3.86. The molecule has 144 valence electrons. The van der Waals surface area contributed by atoms with Crippen molar-refractivity contribution in [2.24, 2.45) is 0 Å². The number of ether oxygens (including phenoxy) is 1. The van der Waals surface area contributed by atoms with Gasteiger partial charge in [0.15, 0.2) is 0 Å². The smallest absolute Gasteiger partial charge is 0.0932 e. The summed E-state index contributed by atoms with van der Waals surface area (Å²) in [5, 5.41) is 9.62. The van der Waals surface area contributed by atoms with E-state index in [1.54, 1.807) is 0 Å². The van der Waals surface area contributed by atoms with Gasteiger partial charge in [0.25, 0.3) is 0 Å². The molecule has 2 fully saturated rings. The Hall–Kier alpha value is -0.760. The van der Waals surface area contributed by atoms with E-state index in [2.05, 4.69) is 32.8 Å². The molecule has 0 radical (unpaired) electrons. The van der Waals surface area contributed by atoms with Crippen LogP contribution in [0.4, 0.5) is 0 Å². The number of rotatable bonds is 11. The van der Waals surface area contributed by atoms with Gasteiger partial charge in [-0.25, -0.2) is 0 Å². The highest BCUT2D eigenvalue weighted by Gasteiger charge is 2.20. The molecule has 1 unspecified atom stereocenters. The molecule has 0 amide bonds. The molecule has 0 saturated carbocycles. The number of hydrogen-bond acceptors (Lipinski definition) is 6. The fourth-order valence-corrected chi connectivity index (χ4v) is 3.51. The molecule has 0 aliphatic carbocycles. The van der Waals surface area contributed by atoms with Crippen molar-refractivity contribution >= 4 is 0 Å². The molecule has 0 aromatic carbocycles. The van der Waals surface area contributed by atoms with E-state index in [9.17, 15) is 5.11 Å². The van der Waals surface area contributed by atoms with Crippen molar-refractivity contribution in [1.29, 1.82) is 0 Å². The van der Waals surface area contributed by atoms with Gasteiger partial charge in [0.1, 0.15) is 0 Å². The molecule has 25 heavy (non-hydrogen) atoms. The largest absolute Gasteiger partial charge is 0.394 e. The predicted octanol–water partition coefficient (Wildman–Crippen LogP) is -0.0289. The molecule has 0 aromatic rings. The lowest BCUT2D eigenvalue weighted by molar-refractivity contribution is -0.0252. The third kappa shape index (κ3) is 7.56. The van der Waals surface area contributed by atoms with E-state index in [1.807, 2.05) is 12.2 Å². The summed E-state index contributed by atoms with van der Waals surface area (Å²) in [4.78, 5) is 9.67. The van der Waals surface area contributed by atoms with Crippen molar-refractivity contribution in [2.75, 3.05) is 91.8 Å². The summed E-state index contributed by atoms with van der Waals surface area (Å²) in [7, 11) is 0. The third-order valence-electron chi connectivity index (χ3n) is 5.13. The number of aliphatic hydroxyl groups excluding tert-OH is 1. The Bertz CT molecular complexity index is 378. The van der Waals surface area contributed by atoms with Gasteiger partial charge in [0.2, 0.25) is 0 Å². The molecule has 1 N–H and O–H groups in total. The maximum Gasteiger partial charge on any atom is 0.0932 e. The summed E-state index contributed by atoms with van der Waals surface area (Å²) >= 11 is 0. The molecule has 2 aliphatic heterocycles. The van der Waals surface area contributed by atoms with Crippen molar-refractivity contribution in [3.63, 3.8) is 0 Å². The first-order valence-electron chi connectivity index (χ1n) is 9.58.